The van der Waals surface area contributed by atoms with Gasteiger partial charge in [0.15, 0.2) is 0 Å². The molecule has 0 bridgehead atoms. The number of carbonyl (C=O) groups is 1. The van der Waals surface area contributed by atoms with Crippen molar-refractivity contribution in [2.45, 2.75) is 32.6 Å². The Balaban J connectivity index is 2.97. The minimum Gasteiger partial charge on any atom is -0.481 e. The lowest BCUT2D eigenvalue weighted by Crippen LogP contribution is -2.20. The molecular weight excluding hydrogens is 264 g/mol. The van der Waals surface area contributed by atoms with Crippen molar-refractivity contribution >= 4 is 33.2 Å². The Morgan fingerprint density at radius 3 is 2.57 bits per heavy atom. The van der Waals surface area contributed by atoms with Gasteiger partial charge < -0.3 is 5.11 Å². The largest absolute Gasteiger partial charge is 0.481 e. The van der Waals surface area contributed by atoms with Gasteiger partial charge >= 0.3 is 5.97 Å². The summed E-state index contributed by atoms with van der Waals surface area (Å²) >= 11 is 5.09. The third-order valence-corrected chi connectivity index (χ3v) is 4.62. The van der Waals surface area contributed by atoms with E-state index in [9.17, 15) is 4.79 Å². The molecule has 0 saturated carbocycles. The van der Waals surface area contributed by atoms with Gasteiger partial charge in [-0.2, -0.15) is 0 Å². The van der Waals surface area contributed by atoms with Crippen molar-refractivity contribution in [1.29, 1.82) is 0 Å². The van der Waals surface area contributed by atoms with Crippen LogP contribution in [-0.2, 0) is 10.2 Å². The summed E-state index contributed by atoms with van der Waals surface area (Å²) in [6, 6.07) is 2.02. The van der Waals surface area contributed by atoms with Gasteiger partial charge in [-0.25, -0.2) is 0 Å². The van der Waals surface area contributed by atoms with Crippen LogP contribution in [-0.4, -0.2) is 11.1 Å². The number of halogens is 1. The van der Waals surface area contributed by atoms with Crippen LogP contribution in [0.15, 0.2) is 10.5 Å². The molecule has 14 heavy (non-hydrogen) atoms. The SMILES string of the molecule is Cc1sc(C(C)(C)CC(=O)O)cc1Br. The van der Waals surface area contributed by atoms with E-state index < -0.39 is 5.97 Å². The van der Waals surface area contributed by atoms with Crippen LogP contribution < -0.4 is 0 Å². The van der Waals surface area contributed by atoms with Crippen molar-refractivity contribution in [3.8, 4) is 0 Å². The maximum Gasteiger partial charge on any atom is 0.304 e. The number of carboxylic acid groups (broad SMARTS) is 1. The summed E-state index contributed by atoms with van der Waals surface area (Å²) in [5.74, 6) is -0.753. The Morgan fingerprint density at radius 1 is 1.64 bits per heavy atom. The highest BCUT2D eigenvalue weighted by molar-refractivity contribution is 9.10. The van der Waals surface area contributed by atoms with E-state index in [1.807, 2.05) is 26.8 Å². The molecule has 4 heteroatoms. The lowest BCUT2D eigenvalue weighted by Gasteiger charge is -2.20. The van der Waals surface area contributed by atoms with Crippen LogP contribution in [0.2, 0.25) is 0 Å². The molecule has 0 amide bonds. The van der Waals surface area contributed by atoms with Crippen molar-refractivity contribution in [3.63, 3.8) is 0 Å². The molecule has 0 atom stereocenters. The minimum absolute atomic E-state index is 0.166. The molecule has 0 spiro atoms. The third kappa shape index (κ3) is 2.58. The van der Waals surface area contributed by atoms with E-state index in [1.165, 1.54) is 4.88 Å². The summed E-state index contributed by atoms with van der Waals surface area (Å²) in [5, 5.41) is 8.78. The molecule has 0 aromatic carbocycles. The molecule has 1 N–H and O–H groups in total. The Labute approximate surface area is 96.1 Å². The summed E-state index contributed by atoms with van der Waals surface area (Å²) < 4.78 is 1.07. The van der Waals surface area contributed by atoms with Gasteiger partial charge in [-0.05, 0) is 28.9 Å². The van der Waals surface area contributed by atoms with Crippen LogP contribution in [0.3, 0.4) is 0 Å². The highest BCUT2D eigenvalue weighted by Crippen LogP contribution is 2.36. The zero-order chi connectivity index (χ0) is 10.9. The second kappa shape index (κ2) is 4.03. The molecule has 0 radical (unpaired) electrons. The van der Waals surface area contributed by atoms with Gasteiger partial charge in [0, 0.05) is 19.6 Å². The topological polar surface area (TPSA) is 37.3 Å². The lowest BCUT2D eigenvalue weighted by molar-refractivity contribution is -0.138. The van der Waals surface area contributed by atoms with Gasteiger partial charge in [0.1, 0.15) is 0 Å². The smallest absolute Gasteiger partial charge is 0.304 e. The van der Waals surface area contributed by atoms with Crippen LogP contribution >= 0.6 is 27.3 Å². The van der Waals surface area contributed by atoms with Crippen LogP contribution in [0.1, 0.15) is 30.0 Å². The van der Waals surface area contributed by atoms with E-state index in [0.29, 0.717) is 0 Å². The Morgan fingerprint density at radius 2 is 2.21 bits per heavy atom. The number of rotatable bonds is 3. The second-order valence-electron chi connectivity index (χ2n) is 3.97. The predicted octanol–water partition coefficient (Wildman–Crippen LogP) is 3.57. The molecule has 0 saturated heterocycles. The number of thiophene rings is 1. The van der Waals surface area contributed by atoms with E-state index >= 15 is 0 Å². The fourth-order valence-corrected chi connectivity index (χ4v) is 2.89. The average Bonchev–Trinajstić information content (AvgIpc) is 2.30. The van der Waals surface area contributed by atoms with Crippen molar-refractivity contribution in [2.24, 2.45) is 0 Å². The summed E-state index contributed by atoms with van der Waals surface area (Å²) in [6.45, 7) is 5.94. The zero-order valence-corrected chi connectivity index (χ0v) is 10.8. The lowest BCUT2D eigenvalue weighted by atomic mass is 9.88. The number of hydrogen-bond donors (Lipinski definition) is 1. The van der Waals surface area contributed by atoms with Crippen LogP contribution in [0.25, 0.3) is 0 Å². The van der Waals surface area contributed by atoms with E-state index in [1.54, 1.807) is 11.3 Å². The first kappa shape index (κ1) is 11.7. The fourth-order valence-electron chi connectivity index (χ4n) is 1.26. The minimum atomic E-state index is -0.753. The highest BCUT2D eigenvalue weighted by atomic mass is 79.9. The standard InChI is InChI=1S/C10H13BrO2S/c1-6-7(11)4-8(14-6)10(2,3)5-9(12)13/h4H,5H2,1-3H3,(H,12,13). The molecule has 1 heterocycles. The van der Waals surface area contributed by atoms with Crippen molar-refractivity contribution in [2.75, 3.05) is 0 Å². The number of aliphatic carboxylic acids is 1. The number of hydrogen-bond acceptors (Lipinski definition) is 2. The van der Waals surface area contributed by atoms with Gasteiger partial charge in [0.25, 0.3) is 0 Å². The molecule has 0 unspecified atom stereocenters. The Kier molecular flexibility index (Phi) is 3.37. The van der Waals surface area contributed by atoms with E-state index in [4.69, 9.17) is 5.11 Å². The predicted molar refractivity (Wildman–Crippen MR) is 62.0 cm³/mol. The van der Waals surface area contributed by atoms with Crippen LogP contribution in [0.5, 0.6) is 0 Å². The van der Waals surface area contributed by atoms with Gasteiger partial charge in [-0.1, -0.05) is 13.8 Å². The van der Waals surface area contributed by atoms with E-state index in [2.05, 4.69) is 15.9 Å². The summed E-state index contributed by atoms with van der Waals surface area (Å²) in [7, 11) is 0. The first-order chi connectivity index (χ1) is 6.33. The Bertz CT molecular complexity index is 336. The molecular formula is C10H13BrO2S. The molecule has 1 aromatic rings. The van der Waals surface area contributed by atoms with E-state index in [0.717, 1.165) is 9.35 Å². The number of carboxylic acids is 1. The van der Waals surface area contributed by atoms with Crippen molar-refractivity contribution in [1.82, 2.24) is 0 Å². The number of aryl methyl sites for hydroxylation is 1. The van der Waals surface area contributed by atoms with Crippen LogP contribution in [0.4, 0.5) is 0 Å². The molecule has 1 rings (SSSR count). The molecule has 78 valence electrons. The van der Waals surface area contributed by atoms with Crippen molar-refractivity contribution in [3.05, 3.63) is 20.3 Å². The normalized spacial score (nSPS) is 11.7. The van der Waals surface area contributed by atoms with Gasteiger partial charge in [0.05, 0.1) is 6.42 Å². The third-order valence-electron chi connectivity index (χ3n) is 2.12. The highest BCUT2D eigenvalue weighted by Gasteiger charge is 2.26. The summed E-state index contributed by atoms with van der Waals surface area (Å²) in [5.41, 5.74) is -0.284. The first-order valence-corrected chi connectivity index (χ1v) is 5.92. The molecule has 1 aromatic heterocycles. The monoisotopic (exact) mass is 276 g/mol. The molecule has 0 aliphatic carbocycles. The van der Waals surface area contributed by atoms with Gasteiger partial charge in [0.2, 0.25) is 0 Å². The fraction of sp³-hybridized carbons (Fsp3) is 0.500. The molecule has 0 aliphatic rings. The maximum atomic E-state index is 10.7. The quantitative estimate of drug-likeness (QED) is 0.917. The second-order valence-corrected chi connectivity index (χ2v) is 6.08. The van der Waals surface area contributed by atoms with Crippen molar-refractivity contribution < 1.29 is 9.90 Å². The molecule has 2 nitrogen and oxygen atoms in total. The first-order valence-electron chi connectivity index (χ1n) is 4.31. The zero-order valence-electron chi connectivity index (χ0n) is 8.43. The molecule has 0 aliphatic heterocycles. The van der Waals surface area contributed by atoms with Gasteiger partial charge in [-0.3, -0.25) is 4.79 Å². The summed E-state index contributed by atoms with van der Waals surface area (Å²) in [4.78, 5) is 13.0. The van der Waals surface area contributed by atoms with Gasteiger partial charge in [-0.15, -0.1) is 11.3 Å². The van der Waals surface area contributed by atoms with E-state index in [-0.39, 0.29) is 11.8 Å². The molecule has 0 fully saturated rings. The summed E-state index contributed by atoms with van der Waals surface area (Å²) in [6.07, 6.45) is 0.166. The maximum absolute atomic E-state index is 10.7. The van der Waals surface area contributed by atoms with Crippen LogP contribution in [0, 0.1) is 6.92 Å². The average molecular weight is 277 g/mol. The Hall–Kier alpha value is -0.350.